The topological polar surface area (TPSA) is 134 Å². The fourth-order valence-corrected chi connectivity index (χ4v) is 3.52. The molecule has 2 rings (SSSR count). The maximum absolute atomic E-state index is 13.2. The Kier molecular flexibility index (Phi) is 9.43. The van der Waals surface area contributed by atoms with E-state index < -0.39 is 10.4 Å². The highest BCUT2D eigenvalue weighted by Gasteiger charge is 2.46. The minimum absolute atomic E-state index is 0.139. The molecule has 0 aromatic heterocycles. The van der Waals surface area contributed by atoms with Crippen molar-refractivity contribution in [1.29, 1.82) is 0 Å². The van der Waals surface area contributed by atoms with Crippen molar-refractivity contribution in [2.24, 2.45) is 11.3 Å². The van der Waals surface area contributed by atoms with Gasteiger partial charge in [-0.05, 0) is 38.9 Å². The molecule has 1 heterocycles. The molecule has 2 N–H and O–H groups in total. The molecule has 1 aliphatic rings. The summed E-state index contributed by atoms with van der Waals surface area (Å²) in [6, 6.07) is 5.13. The van der Waals surface area contributed by atoms with Gasteiger partial charge in [0.15, 0.2) is 0 Å². The minimum Gasteiger partial charge on any atom is -0.497 e. The van der Waals surface area contributed by atoms with Crippen LogP contribution >= 0.6 is 0 Å². The third-order valence-electron chi connectivity index (χ3n) is 5.01. The van der Waals surface area contributed by atoms with Crippen LogP contribution in [0.2, 0.25) is 0 Å². The second kappa shape index (κ2) is 10.9. The van der Waals surface area contributed by atoms with Crippen molar-refractivity contribution in [2.45, 2.75) is 33.1 Å². The number of imide groups is 1. The Labute approximate surface area is 183 Å². The van der Waals surface area contributed by atoms with E-state index in [2.05, 4.69) is 4.90 Å². The second-order valence-electron chi connectivity index (χ2n) is 8.25. The summed E-state index contributed by atoms with van der Waals surface area (Å²) in [6.07, 6.45) is 2.01. The number of rotatable bonds is 7. The maximum Gasteiger partial charge on any atom is 0.394 e. The third kappa shape index (κ3) is 8.44. The van der Waals surface area contributed by atoms with Crippen molar-refractivity contribution >= 4 is 27.9 Å². The van der Waals surface area contributed by atoms with Gasteiger partial charge in [0, 0.05) is 30.5 Å². The van der Waals surface area contributed by atoms with Gasteiger partial charge in [0.05, 0.1) is 19.9 Å². The number of nitrogens with zero attached hydrogens (tertiary/aromatic N) is 2. The van der Waals surface area contributed by atoms with Crippen molar-refractivity contribution in [1.82, 2.24) is 4.90 Å². The molecule has 0 bridgehead atoms. The average molecular weight is 461 g/mol. The van der Waals surface area contributed by atoms with Gasteiger partial charge in [0.2, 0.25) is 11.8 Å². The Morgan fingerprint density at radius 2 is 1.58 bits per heavy atom. The van der Waals surface area contributed by atoms with Gasteiger partial charge in [0.25, 0.3) is 0 Å². The van der Waals surface area contributed by atoms with E-state index >= 15 is 0 Å². The zero-order chi connectivity index (χ0) is 24.0. The number of piperidine rings is 1. The van der Waals surface area contributed by atoms with E-state index in [-0.39, 0.29) is 23.1 Å². The molecule has 1 saturated heterocycles. The first-order valence-electron chi connectivity index (χ1n) is 9.64. The summed E-state index contributed by atoms with van der Waals surface area (Å²) >= 11 is 0. The number of carbonyl (C=O) groups is 2. The molecule has 0 radical (unpaired) electrons. The lowest BCUT2D eigenvalue weighted by atomic mass is 9.70. The normalized spacial score (nSPS) is 18.5. The predicted octanol–water partition coefficient (Wildman–Crippen LogP) is 2.30. The molecular weight excluding hydrogens is 428 g/mol. The lowest BCUT2D eigenvalue weighted by Crippen LogP contribution is -2.52. The molecule has 0 spiro atoms. The molecule has 1 atom stereocenters. The fraction of sp³-hybridized carbons (Fsp3) is 0.600. The van der Waals surface area contributed by atoms with Gasteiger partial charge in [-0.25, -0.2) is 0 Å². The van der Waals surface area contributed by atoms with Gasteiger partial charge < -0.3 is 14.4 Å². The molecule has 10 nitrogen and oxygen atoms in total. The van der Waals surface area contributed by atoms with E-state index in [9.17, 15) is 9.59 Å². The van der Waals surface area contributed by atoms with Gasteiger partial charge in [-0.15, -0.1) is 0 Å². The highest BCUT2D eigenvalue weighted by Crippen LogP contribution is 2.42. The van der Waals surface area contributed by atoms with Crippen LogP contribution in [-0.2, 0) is 20.0 Å². The van der Waals surface area contributed by atoms with Crippen molar-refractivity contribution in [3.8, 4) is 11.5 Å². The number of ether oxygens (including phenoxy) is 2. The number of hydrogen-bond acceptors (Lipinski definition) is 7. The van der Waals surface area contributed by atoms with Gasteiger partial charge >= 0.3 is 10.4 Å². The van der Waals surface area contributed by atoms with E-state index in [0.717, 1.165) is 19.4 Å². The van der Waals surface area contributed by atoms with Crippen LogP contribution < -0.4 is 14.4 Å². The van der Waals surface area contributed by atoms with Crippen molar-refractivity contribution < 1.29 is 36.6 Å². The van der Waals surface area contributed by atoms with Crippen LogP contribution in [0.4, 0.5) is 5.69 Å². The summed E-state index contributed by atoms with van der Waals surface area (Å²) in [5, 5.41) is 0. The van der Waals surface area contributed by atoms with Crippen molar-refractivity contribution in [3.05, 3.63) is 18.2 Å². The number of amides is 2. The Balaban J connectivity index is 0.000000861. The Morgan fingerprint density at radius 3 is 2.00 bits per heavy atom. The number of methoxy groups -OCH3 is 2. The minimum atomic E-state index is -4.67. The summed E-state index contributed by atoms with van der Waals surface area (Å²) in [5.74, 6) is 0.583. The van der Waals surface area contributed by atoms with Gasteiger partial charge in [-0.3, -0.25) is 23.6 Å². The summed E-state index contributed by atoms with van der Waals surface area (Å²) in [7, 11) is 2.47. The summed E-state index contributed by atoms with van der Waals surface area (Å²) in [6.45, 7) is 4.93. The Morgan fingerprint density at radius 1 is 1.10 bits per heavy atom. The smallest absolute Gasteiger partial charge is 0.394 e. The van der Waals surface area contributed by atoms with Crippen LogP contribution in [0.1, 0.15) is 33.1 Å². The van der Waals surface area contributed by atoms with Crippen LogP contribution in [0.25, 0.3) is 0 Å². The molecule has 0 aliphatic carbocycles. The van der Waals surface area contributed by atoms with Gasteiger partial charge in [-0.1, -0.05) is 13.8 Å². The first-order chi connectivity index (χ1) is 14.2. The number of hydrogen-bond donors (Lipinski definition) is 2. The zero-order valence-corrected chi connectivity index (χ0v) is 19.6. The molecule has 1 aromatic rings. The second-order valence-corrected chi connectivity index (χ2v) is 9.15. The van der Waals surface area contributed by atoms with E-state index in [1.807, 2.05) is 27.9 Å². The van der Waals surface area contributed by atoms with Crippen LogP contribution in [-0.4, -0.2) is 69.1 Å². The Bertz CT molecular complexity index is 853. The van der Waals surface area contributed by atoms with Crippen LogP contribution in [0.15, 0.2) is 18.2 Å². The van der Waals surface area contributed by atoms with E-state index in [1.54, 1.807) is 32.4 Å². The zero-order valence-electron chi connectivity index (χ0n) is 18.8. The van der Waals surface area contributed by atoms with E-state index in [0.29, 0.717) is 23.6 Å². The van der Waals surface area contributed by atoms with Crippen molar-refractivity contribution in [3.63, 3.8) is 0 Å². The standard InChI is InChI=1S/C20H30N2O4.H2O4S/c1-20(2)13-18(23)22(19(24)17(20)8-7-9-21(3)4)14-10-15(25-5)12-16(11-14)26-6;1-5(2,3)4/h10-12,17H,7-9,13H2,1-6H3;(H2,1,2,3,4). The first-order valence-corrected chi connectivity index (χ1v) is 11.0. The maximum atomic E-state index is 13.2. The van der Waals surface area contributed by atoms with Crippen LogP contribution in [0, 0.1) is 11.3 Å². The molecule has 1 aromatic carbocycles. The summed E-state index contributed by atoms with van der Waals surface area (Å²) in [5.41, 5.74) is 0.157. The molecule has 176 valence electrons. The largest absolute Gasteiger partial charge is 0.497 e. The molecule has 1 unspecified atom stereocenters. The molecule has 11 heteroatoms. The summed E-state index contributed by atoms with van der Waals surface area (Å²) in [4.78, 5) is 29.4. The molecule has 2 amide bonds. The lowest BCUT2D eigenvalue weighted by molar-refractivity contribution is -0.138. The molecule has 1 fully saturated rings. The number of carbonyl (C=O) groups excluding carboxylic acids is 2. The van der Waals surface area contributed by atoms with Crippen LogP contribution in [0.3, 0.4) is 0 Å². The number of anilines is 1. The van der Waals surface area contributed by atoms with E-state index in [1.165, 1.54) is 4.90 Å². The molecular formula is C20H32N2O8S. The van der Waals surface area contributed by atoms with Crippen LogP contribution in [0.5, 0.6) is 11.5 Å². The van der Waals surface area contributed by atoms with Gasteiger partial charge in [0.1, 0.15) is 11.5 Å². The van der Waals surface area contributed by atoms with Crippen molar-refractivity contribution in [2.75, 3.05) is 39.8 Å². The molecule has 0 saturated carbocycles. The predicted molar refractivity (Wildman–Crippen MR) is 116 cm³/mol. The SMILES string of the molecule is COc1cc(OC)cc(N2C(=O)CC(C)(C)C(CCCN(C)C)C2=O)c1.O=S(=O)(O)O. The highest BCUT2D eigenvalue weighted by atomic mass is 32.3. The third-order valence-corrected chi connectivity index (χ3v) is 5.01. The summed E-state index contributed by atoms with van der Waals surface area (Å²) < 4.78 is 42.1. The Hall–Kier alpha value is -2.21. The van der Waals surface area contributed by atoms with E-state index in [4.69, 9.17) is 27.0 Å². The fourth-order valence-electron chi connectivity index (χ4n) is 3.52. The quantitative estimate of drug-likeness (QED) is 0.464. The van der Waals surface area contributed by atoms with Gasteiger partial charge in [-0.2, -0.15) is 8.42 Å². The molecule has 1 aliphatic heterocycles. The number of benzene rings is 1. The highest BCUT2D eigenvalue weighted by molar-refractivity contribution is 7.79. The average Bonchev–Trinajstić information content (AvgIpc) is 2.61. The monoisotopic (exact) mass is 460 g/mol. The lowest BCUT2D eigenvalue weighted by Gasteiger charge is -2.42. The first kappa shape index (κ1) is 26.8. The molecule has 31 heavy (non-hydrogen) atoms.